The normalized spacial score (nSPS) is 17.8. The number of unbranched alkanes of at least 4 members (excludes halogenated alkanes) is 5. The van der Waals surface area contributed by atoms with E-state index in [4.69, 9.17) is 14.0 Å². The van der Waals surface area contributed by atoms with Crippen molar-refractivity contribution in [3.05, 3.63) is 35.7 Å². The van der Waals surface area contributed by atoms with E-state index < -0.39 is 35.5 Å². The van der Waals surface area contributed by atoms with Gasteiger partial charge < -0.3 is 24.0 Å². The lowest BCUT2D eigenvalue weighted by molar-refractivity contribution is 0.0546. The summed E-state index contributed by atoms with van der Waals surface area (Å²) in [5.41, 5.74) is 0.459. The standard InChI is InChI=1S/C31H47N5O6/c1-8-9-10-11-12-13-14-21-15-17-22(18-16-21)25-32-26(42-35-25)24-23(37)19-20-36(24)27(33-28(38)40-30(2,3)4)34-29(39)41-31(5,6)7/h15-18,23-24,37H,8-14,19-20H2,1-7H3,(H,33,34,38,39)/t23-,24-/m0/s1. The van der Waals surface area contributed by atoms with E-state index in [-0.39, 0.29) is 18.4 Å². The summed E-state index contributed by atoms with van der Waals surface area (Å²) in [6.07, 6.45) is 6.24. The molecule has 0 radical (unpaired) electrons. The molecule has 0 aliphatic carbocycles. The van der Waals surface area contributed by atoms with Crippen LogP contribution in [0.4, 0.5) is 9.59 Å². The number of nitrogens with one attached hydrogen (secondary N) is 1. The Kier molecular flexibility index (Phi) is 11.5. The van der Waals surface area contributed by atoms with Gasteiger partial charge in [0.2, 0.25) is 11.8 Å². The van der Waals surface area contributed by atoms with Gasteiger partial charge >= 0.3 is 12.2 Å². The number of hydrogen-bond donors (Lipinski definition) is 2. The smallest absolute Gasteiger partial charge is 0.437 e. The molecule has 2 N–H and O–H groups in total. The molecule has 11 heteroatoms. The van der Waals surface area contributed by atoms with Crippen molar-refractivity contribution in [1.29, 1.82) is 0 Å². The first-order valence-electron chi connectivity index (χ1n) is 14.9. The van der Waals surface area contributed by atoms with Crippen molar-refractivity contribution >= 4 is 18.1 Å². The Labute approximate surface area is 249 Å². The molecule has 1 aromatic carbocycles. The van der Waals surface area contributed by atoms with E-state index in [0.29, 0.717) is 12.2 Å². The average Bonchev–Trinajstić information content (AvgIpc) is 3.50. The number of ether oxygens (including phenoxy) is 2. The Hall–Kier alpha value is -3.47. The number of nitrogens with zero attached hydrogens (tertiary/aromatic N) is 4. The molecule has 3 rings (SSSR count). The Morgan fingerprint density at radius 1 is 1.02 bits per heavy atom. The zero-order valence-electron chi connectivity index (χ0n) is 26.1. The summed E-state index contributed by atoms with van der Waals surface area (Å²) in [4.78, 5) is 35.4. The number of aryl methyl sites for hydroxylation is 1. The average molecular weight is 586 g/mol. The van der Waals surface area contributed by atoms with E-state index in [2.05, 4.69) is 39.5 Å². The minimum absolute atomic E-state index is 0.133. The number of benzene rings is 1. The molecule has 42 heavy (non-hydrogen) atoms. The molecule has 1 aromatic heterocycles. The van der Waals surface area contributed by atoms with Crippen LogP contribution in [0.15, 0.2) is 33.8 Å². The number of likely N-dealkylation sites (tertiary alicyclic amines) is 1. The van der Waals surface area contributed by atoms with Gasteiger partial charge in [-0.2, -0.15) is 4.98 Å². The fraction of sp³-hybridized carbons (Fsp3) is 0.645. The summed E-state index contributed by atoms with van der Waals surface area (Å²) in [5, 5.41) is 17.6. The molecule has 0 unspecified atom stereocenters. The Morgan fingerprint density at radius 3 is 2.31 bits per heavy atom. The topological polar surface area (TPSA) is 139 Å². The van der Waals surface area contributed by atoms with Gasteiger partial charge in [-0.25, -0.2) is 9.59 Å². The number of alkyl carbamates (subject to hydrolysis) is 1. The minimum Gasteiger partial charge on any atom is -0.444 e. The Bertz CT molecular complexity index is 1200. The summed E-state index contributed by atoms with van der Waals surface area (Å²) in [6.45, 7) is 12.8. The lowest BCUT2D eigenvalue weighted by Crippen LogP contribution is -2.47. The molecule has 1 saturated heterocycles. The number of hydrogen-bond acceptors (Lipinski definition) is 8. The maximum atomic E-state index is 12.7. The summed E-state index contributed by atoms with van der Waals surface area (Å²) in [6, 6.07) is 7.22. The maximum absolute atomic E-state index is 12.7. The molecule has 0 spiro atoms. The van der Waals surface area contributed by atoms with Gasteiger partial charge in [0, 0.05) is 12.1 Å². The van der Waals surface area contributed by atoms with Gasteiger partial charge in [0.1, 0.15) is 17.2 Å². The highest BCUT2D eigenvalue weighted by molar-refractivity contribution is 5.99. The van der Waals surface area contributed by atoms with Gasteiger partial charge in [-0.05, 0) is 66.4 Å². The number of amides is 2. The Morgan fingerprint density at radius 2 is 1.67 bits per heavy atom. The summed E-state index contributed by atoms with van der Waals surface area (Å²) >= 11 is 0. The van der Waals surface area contributed by atoms with E-state index in [1.165, 1.54) is 37.7 Å². The highest BCUT2D eigenvalue weighted by Crippen LogP contribution is 2.33. The number of aliphatic hydroxyl groups excluding tert-OH is 1. The number of aliphatic hydroxyl groups is 1. The molecule has 232 valence electrons. The van der Waals surface area contributed by atoms with Crippen molar-refractivity contribution in [1.82, 2.24) is 20.4 Å². The molecule has 2 atom stereocenters. The second-order valence-corrected chi connectivity index (χ2v) is 12.7. The number of rotatable bonds is 9. The van der Waals surface area contributed by atoms with E-state index in [1.54, 1.807) is 46.4 Å². The van der Waals surface area contributed by atoms with E-state index in [9.17, 15) is 14.7 Å². The molecular formula is C31H47N5O6. The van der Waals surface area contributed by atoms with Gasteiger partial charge in [-0.1, -0.05) is 68.4 Å². The summed E-state index contributed by atoms with van der Waals surface area (Å²) in [7, 11) is 0. The van der Waals surface area contributed by atoms with Crippen molar-refractivity contribution in [3.63, 3.8) is 0 Å². The largest absolute Gasteiger partial charge is 0.444 e. The third-order valence-electron chi connectivity index (χ3n) is 6.57. The third-order valence-corrected chi connectivity index (χ3v) is 6.57. The van der Waals surface area contributed by atoms with E-state index in [0.717, 1.165) is 18.4 Å². The first kappa shape index (κ1) is 33.0. The highest BCUT2D eigenvalue weighted by Gasteiger charge is 2.41. The van der Waals surface area contributed by atoms with Crippen molar-refractivity contribution in [2.24, 2.45) is 4.99 Å². The van der Waals surface area contributed by atoms with E-state index >= 15 is 0 Å². The summed E-state index contributed by atoms with van der Waals surface area (Å²) in [5.74, 6) is 0.369. The second-order valence-electron chi connectivity index (χ2n) is 12.7. The van der Waals surface area contributed by atoms with Gasteiger partial charge in [0.25, 0.3) is 5.89 Å². The Balaban J connectivity index is 1.77. The van der Waals surface area contributed by atoms with Gasteiger partial charge in [-0.3, -0.25) is 5.32 Å². The van der Waals surface area contributed by atoms with Crippen molar-refractivity contribution in [3.8, 4) is 11.4 Å². The molecule has 1 aliphatic heterocycles. The number of aromatic nitrogens is 2. The fourth-order valence-electron chi connectivity index (χ4n) is 4.64. The lowest BCUT2D eigenvalue weighted by Gasteiger charge is -2.28. The molecule has 0 saturated carbocycles. The third kappa shape index (κ3) is 10.4. The van der Waals surface area contributed by atoms with Crippen LogP contribution in [0.2, 0.25) is 0 Å². The number of carbonyl (C=O) groups excluding carboxylic acids is 2. The molecular weight excluding hydrogens is 538 g/mol. The van der Waals surface area contributed by atoms with Crippen molar-refractivity contribution in [2.75, 3.05) is 6.54 Å². The molecule has 2 heterocycles. The monoisotopic (exact) mass is 585 g/mol. The van der Waals surface area contributed by atoms with Crippen LogP contribution in [0.3, 0.4) is 0 Å². The first-order chi connectivity index (χ1) is 19.8. The number of guanidine groups is 1. The number of carbonyl (C=O) groups is 2. The molecule has 11 nitrogen and oxygen atoms in total. The van der Waals surface area contributed by atoms with Crippen LogP contribution >= 0.6 is 0 Å². The number of aliphatic imine (C=N–C) groups is 1. The van der Waals surface area contributed by atoms with E-state index in [1.807, 2.05) is 12.1 Å². The van der Waals surface area contributed by atoms with Crippen LogP contribution in [0.1, 0.15) is 111 Å². The molecule has 2 aromatic rings. The van der Waals surface area contributed by atoms with Crippen molar-refractivity contribution in [2.45, 2.75) is 123 Å². The summed E-state index contributed by atoms with van der Waals surface area (Å²) < 4.78 is 16.3. The minimum atomic E-state index is -0.915. The SMILES string of the molecule is CCCCCCCCc1ccc(-c2noc([C@@H]3[C@@H](O)CCN3/C(=N/C(=O)OC(C)(C)C)NC(=O)OC(C)(C)C)n2)cc1. The lowest BCUT2D eigenvalue weighted by atomic mass is 10.0. The van der Waals surface area contributed by atoms with Gasteiger partial charge in [0.15, 0.2) is 0 Å². The zero-order valence-corrected chi connectivity index (χ0v) is 26.1. The fourth-order valence-corrected chi connectivity index (χ4v) is 4.64. The predicted octanol–water partition coefficient (Wildman–Crippen LogP) is 6.56. The van der Waals surface area contributed by atoms with Crippen LogP contribution in [0.5, 0.6) is 0 Å². The van der Waals surface area contributed by atoms with Crippen LogP contribution in [0.25, 0.3) is 11.4 Å². The quantitative estimate of drug-likeness (QED) is 0.190. The second kappa shape index (κ2) is 14.6. The molecule has 1 aliphatic rings. The van der Waals surface area contributed by atoms with Crippen LogP contribution in [-0.2, 0) is 15.9 Å². The van der Waals surface area contributed by atoms with Crippen LogP contribution in [-0.4, -0.2) is 62.1 Å². The van der Waals surface area contributed by atoms with Crippen molar-refractivity contribution < 1.29 is 28.7 Å². The zero-order chi connectivity index (χ0) is 30.9. The first-order valence-corrected chi connectivity index (χ1v) is 14.9. The maximum Gasteiger partial charge on any atom is 0.437 e. The highest BCUT2D eigenvalue weighted by atomic mass is 16.6. The molecule has 0 bridgehead atoms. The molecule has 1 fully saturated rings. The predicted molar refractivity (Wildman–Crippen MR) is 160 cm³/mol. The van der Waals surface area contributed by atoms with Crippen LogP contribution in [0, 0.1) is 0 Å². The van der Waals surface area contributed by atoms with Gasteiger partial charge in [-0.15, -0.1) is 4.99 Å². The van der Waals surface area contributed by atoms with Crippen LogP contribution < -0.4 is 5.32 Å². The molecule has 2 amide bonds. The van der Waals surface area contributed by atoms with Gasteiger partial charge in [0.05, 0.1) is 6.10 Å².